The first-order valence-electron chi connectivity index (χ1n) is 9.14. The highest BCUT2D eigenvalue weighted by atomic mass is 79.9. The molecule has 1 aromatic carbocycles. The fourth-order valence-electron chi connectivity index (χ4n) is 4.79. The molecule has 2 fully saturated rings. The Morgan fingerprint density at radius 3 is 3.08 bits per heavy atom. The lowest BCUT2D eigenvalue weighted by Crippen LogP contribution is -2.39. The van der Waals surface area contributed by atoms with Crippen LogP contribution in [0.3, 0.4) is 0 Å². The lowest BCUT2D eigenvalue weighted by Gasteiger charge is -2.28. The van der Waals surface area contributed by atoms with Crippen LogP contribution < -0.4 is 5.32 Å². The first-order chi connectivity index (χ1) is 12.6. The molecule has 2 atom stereocenters. The second-order valence-electron chi connectivity index (χ2n) is 7.71. The standard InChI is InChI=1S/C19H20BrFN4O/c20-14-8-12(3-4-15(14)21)22-18(26)25-7-5-16-13(10-25)17(24-23-16)19-6-1-2-11(19)9-19/h3-4,8,11H,1-2,5-7,9-10H2,(H,22,26)(H,23,24). The molecule has 2 unspecified atom stereocenters. The van der Waals surface area contributed by atoms with Gasteiger partial charge in [-0.25, -0.2) is 9.18 Å². The number of hydrogen-bond acceptors (Lipinski definition) is 2. The molecule has 1 aromatic heterocycles. The molecule has 2 saturated carbocycles. The molecule has 2 aliphatic carbocycles. The minimum absolute atomic E-state index is 0.155. The van der Waals surface area contributed by atoms with E-state index in [1.165, 1.54) is 48.7 Å². The van der Waals surface area contributed by atoms with E-state index < -0.39 is 0 Å². The van der Waals surface area contributed by atoms with E-state index >= 15 is 0 Å². The number of hydrogen-bond donors (Lipinski definition) is 2. The van der Waals surface area contributed by atoms with Gasteiger partial charge in [-0.05, 0) is 59.3 Å². The van der Waals surface area contributed by atoms with Crippen LogP contribution in [0.2, 0.25) is 0 Å². The maximum Gasteiger partial charge on any atom is 0.322 e. The Morgan fingerprint density at radius 1 is 1.46 bits per heavy atom. The second kappa shape index (κ2) is 5.81. The van der Waals surface area contributed by atoms with Crippen molar-refractivity contribution >= 4 is 27.6 Å². The van der Waals surface area contributed by atoms with E-state index in [0.717, 1.165) is 12.3 Å². The minimum Gasteiger partial charge on any atom is -0.320 e. The minimum atomic E-state index is -0.344. The summed E-state index contributed by atoms with van der Waals surface area (Å²) in [7, 11) is 0. The van der Waals surface area contributed by atoms with Crippen LogP contribution in [0.1, 0.15) is 42.6 Å². The van der Waals surface area contributed by atoms with Crippen molar-refractivity contribution in [3.8, 4) is 0 Å². The molecule has 7 heteroatoms. The summed E-state index contributed by atoms with van der Waals surface area (Å²) in [4.78, 5) is 14.5. The average Bonchev–Trinajstić information content (AvgIpc) is 3.00. The Bertz CT molecular complexity index is 898. The molecule has 2 N–H and O–H groups in total. The molecule has 0 bridgehead atoms. The van der Waals surface area contributed by atoms with E-state index in [0.29, 0.717) is 23.2 Å². The summed E-state index contributed by atoms with van der Waals surface area (Å²) in [6.07, 6.45) is 5.87. The number of rotatable bonds is 2. The number of nitrogens with zero attached hydrogens (tertiary/aromatic N) is 2. The fraction of sp³-hybridized carbons (Fsp3) is 0.474. The van der Waals surface area contributed by atoms with Gasteiger partial charge in [0, 0.05) is 35.3 Å². The van der Waals surface area contributed by atoms with E-state index in [9.17, 15) is 9.18 Å². The molecule has 3 aliphatic rings. The zero-order chi connectivity index (χ0) is 17.9. The Morgan fingerprint density at radius 2 is 2.35 bits per heavy atom. The van der Waals surface area contributed by atoms with Crippen LogP contribution in [0, 0.1) is 11.7 Å². The van der Waals surface area contributed by atoms with Crippen molar-refractivity contribution < 1.29 is 9.18 Å². The van der Waals surface area contributed by atoms with Gasteiger partial charge in [0.15, 0.2) is 0 Å². The Hall–Kier alpha value is -1.89. The third-order valence-electron chi connectivity index (χ3n) is 6.27. The van der Waals surface area contributed by atoms with Crippen molar-refractivity contribution in [1.29, 1.82) is 0 Å². The van der Waals surface area contributed by atoms with Crippen molar-refractivity contribution in [1.82, 2.24) is 15.1 Å². The lowest BCUT2D eigenvalue weighted by atomic mass is 9.92. The smallest absolute Gasteiger partial charge is 0.320 e. The number of H-pyrrole nitrogens is 1. The van der Waals surface area contributed by atoms with Crippen molar-refractivity contribution in [3.05, 3.63) is 45.4 Å². The fourth-order valence-corrected chi connectivity index (χ4v) is 5.17. The highest BCUT2D eigenvalue weighted by Crippen LogP contribution is 2.64. The number of urea groups is 1. The van der Waals surface area contributed by atoms with E-state index in [4.69, 9.17) is 0 Å². The quantitative estimate of drug-likeness (QED) is 0.761. The monoisotopic (exact) mass is 418 g/mol. The number of aromatic amines is 1. The number of nitrogens with one attached hydrogen (secondary N) is 2. The zero-order valence-corrected chi connectivity index (χ0v) is 15.9. The van der Waals surface area contributed by atoms with E-state index in [1.807, 2.05) is 4.90 Å². The maximum atomic E-state index is 13.4. The summed E-state index contributed by atoms with van der Waals surface area (Å²) in [6, 6.07) is 4.34. The maximum absolute atomic E-state index is 13.4. The summed E-state index contributed by atoms with van der Waals surface area (Å²) < 4.78 is 13.7. The van der Waals surface area contributed by atoms with E-state index in [-0.39, 0.29) is 17.3 Å². The molecule has 2 aromatic rings. The largest absolute Gasteiger partial charge is 0.322 e. The Kier molecular flexibility index (Phi) is 3.64. The molecule has 26 heavy (non-hydrogen) atoms. The zero-order valence-electron chi connectivity index (χ0n) is 14.3. The normalized spacial score (nSPS) is 26.4. The predicted molar refractivity (Wildman–Crippen MR) is 99.5 cm³/mol. The van der Waals surface area contributed by atoms with Gasteiger partial charge < -0.3 is 10.2 Å². The van der Waals surface area contributed by atoms with Crippen molar-refractivity contribution in [2.45, 2.75) is 44.1 Å². The molecule has 0 saturated heterocycles. The van der Waals surface area contributed by atoms with Crippen LogP contribution in [-0.4, -0.2) is 27.7 Å². The summed E-state index contributed by atoms with van der Waals surface area (Å²) in [6.45, 7) is 1.24. The number of benzene rings is 1. The Balaban J connectivity index is 1.34. The number of halogens is 2. The Labute approximate surface area is 159 Å². The second-order valence-corrected chi connectivity index (χ2v) is 8.56. The van der Waals surface area contributed by atoms with Crippen LogP contribution in [-0.2, 0) is 18.4 Å². The molecular weight excluding hydrogens is 399 g/mol. The van der Waals surface area contributed by atoms with Gasteiger partial charge in [-0.1, -0.05) is 6.42 Å². The van der Waals surface area contributed by atoms with Gasteiger partial charge in [0.1, 0.15) is 5.82 Å². The highest BCUT2D eigenvalue weighted by Gasteiger charge is 2.60. The van der Waals surface area contributed by atoms with Crippen LogP contribution >= 0.6 is 15.9 Å². The van der Waals surface area contributed by atoms with Crippen molar-refractivity contribution in [3.63, 3.8) is 0 Å². The number of carbonyl (C=O) groups is 1. The van der Waals surface area contributed by atoms with Crippen LogP contribution in [0.4, 0.5) is 14.9 Å². The lowest BCUT2D eigenvalue weighted by molar-refractivity contribution is 0.206. The molecule has 5 rings (SSSR count). The third-order valence-corrected chi connectivity index (χ3v) is 6.88. The average molecular weight is 419 g/mol. The molecular formula is C19H20BrFN4O. The van der Waals surface area contributed by atoms with Gasteiger partial charge in [0.2, 0.25) is 0 Å². The summed E-state index contributed by atoms with van der Waals surface area (Å²) >= 11 is 3.15. The number of carbonyl (C=O) groups excluding carboxylic acids is 1. The molecule has 5 nitrogen and oxygen atoms in total. The summed E-state index contributed by atoms with van der Waals surface area (Å²) in [5.41, 5.74) is 4.47. The number of aromatic nitrogens is 2. The molecule has 0 spiro atoms. The first-order valence-corrected chi connectivity index (χ1v) is 9.94. The van der Waals surface area contributed by atoms with Crippen LogP contribution in [0.15, 0.2) is 22.7 Å². The predicted octanol–water partition coefficient (Wildman–Crippen LogP) is 4.34. The number of amides is 2. The topological polar surface area (TPSA) is 61.0 Å². The van der Waals surface area contributed by atoms with Gasteiger partial charge in [-0.3, -0.25) is 5.10 Å². The van der Waals surface area contributed by atoms with Gasteiger partial charge >= 0.3 is 6.03 Å². The van der Waals surface area contributed by atoms with E-state index in [1.54, 1.807) is 12.1 Å². The molecule has 1 aliphatic heterocycles. The SMILES string of the molecule is O=C(Nc1ccc(F)c(Br)c1)N1CCc2[nH]nc(C34CCCC3C4)c2C1. The van der Waals surface area contributed by atoms with Gasteiger partial charge in [0.25, 0.3) is 0 Å². The van der Waals surface area contributed by atoms with E-state index in [2.05, 4.69) is 31.4 Å². The number of anilines is 1. The molecule has 0 radical (unpaired) electrons. The molecule has 2 amide bonds. The summed E-state index contributed by atoms with van der Waals surface area (Å²) in [5.74, 6) is 0.444. The summed E-state index contributed by atoms with van der Waals surface area (Å²) in [5, 5.41) is 10.8. The van der Waals surface area contributed by atoms with Crippen molar-refractivity contribution in [2.24, 2.45) is 5.92 Å². The van der Waals surface area contributed by atoms with Gasteiger partial charge in [-0.15, -0.1) is 0 Å². The number of fused-ring (bicyclic) bond motifs is 2. The highest BCUT2D eigenvalue weighted by molar-refractivity contribution is 9.10. The first kappa shape index (κ1) is 16.3. The third kappa shape index (κ3) is 2.47. The van der Waals surface area contributed by atoms with Crippen LogP contribution in [0.25, 0.3) is 0 Å². The van der Waals surface area contributed by atoms with Gasteiger partial charge in [-0.2, -0.15) is 5.10 Å². The van der Waals surface area contributed by atoms with Crippen molar-refractivity contribution in [2.75, 3.05) is 11.9 Å². The molecule has 136 valence electrons. The van der Waals surface area contributed by atoms with Crippen LogP contribution in [0.5, 0.6) is 0 Å². The molecule has 2 heterocycles. The van der Waals surface area contributed by atoms with Gasteiger partial charge in [0.05, 0.1) is 16.7 Å².